The molecule has 0 unspecified atom stereocenters. The van der Waals surface area contributed by atoms with Gasteiger partial charge in [-0.2, -0.15) is 0 Å². The second-order valence-corrected chi connectivity index (χ2v) is 7.84. The van der Waals surface area contributed by atoms with E-state index in [4.69, 9.17) is 4.74 Å². The zero-order valence-electron chi connectivity index (χ0n) is 16.9. The number of likely N-dealkylation sites (tertiary alicyclic amines) is 1. The van der Waals surface area contributed by atoms with E-state index in [1.165, 1.54) is 0 Å². The van der Waals surface area contributed by atoms with Crippen LogP contribution in [-0.4, -0.2) is 74.1 Å². The molecule has 2 heterocycles. The van der Waals surface area contributed by atoms with Crippen LogP contribution in [0.1, 0.15) is 36.5 Å². The second-order valence-electron chi connectivity index (χ2n) is 7.84. The van der Waals surface area contributed by atoms with Crippen molar-refractivity contribution in [1.82, 2.24) is 15.1 Å². The maximum absolute atomic E-state index is 12.7. The molecule has 2 atom stereocenters. The van der Waals surface area contributed by atoms with Gasteiger partial charge in [-0.25, -0.2) is 0 Å². The molecule has 2 aliphatic rings. The van der Waals surface area contributed by atoms with Crippen LogP contribution in [0.25, 0.3) is 0 Å². The topological polar surface area (TPSA) is 61.9 Å². The summed E-state index contributed by atoms with van der Waals surface area (Å²) in [7, 11) is 0. The highest BCUT2D eigenvalue weighted by molar-refractivity contribution is 5.94. The van der Waals surface area contributed by atoms with Crippen molar-refractivity contribution in [3.63, 3.8) is 0 Å². The maximum Gasteiger partial charge on any atom is 0.253 e. The third-order valence-corrected chi connectivity index (χ3v) is 6.03. The molecule has 2 amide bonds. The van der Waals surface area contributed by atoms with Crippen LogP contribution in [0.2, 0.25) is 0 Å². The van der Waals surface area contributed by atoms with E-state index in [1.54, 1.807) is 0 Å². The Labute approximate surface area is 168 Å². The fourth-order valence-corrected chi connectivity index (χ4v) is 4.25. The van der Waals surface area contributed by atoms with Gasteiger partial charge in [0.1, 0.15) is 0 Å². The molecule has 2 aliphatic heterocycles. The number of rotatable bonds is 7. The highest BCUT2D eigenvalue weighted by atomic mass is 16.5. The third kappa shape index (κ3) is 5.79. The Bertz CT molecular complexity index is 631. The fraction of sp³-hybridized carbons (Fsp3) is 0.636. The second kappa shape index (κ2) is 10.6. The van der Waals surface area contributed by atoms with E-state index in [1.807, 2.05) is 35.2 Å². The molecule has 1 aromatic rings. The van der Waals surface area contributed by atoms with Gasteiger partial charge in [-0.15, -0.1) is 0 Å². The Morgan fingerprint density at radius 1 is 1.11 bits per heavy atom. The Kier molecular flexibility index (Phi) is 7.86. The zero-order chi connectivity index (χ0) is 19.8. The van der Waals surface area contributed by atoms with Crippen molar-refractivity contribution < 1.29 is 14.3 Å². The van der Waals surface area contributed by atoms with Crippen LogP contribution in [0.15, 0.2) is 30.3 Å². The van der Waals surface area contributed by atoms with Crippen LogP contribution in [0.4, 0.5) is 0 Å². The molecule has 1 aromatic carbocycles. The number of nitrogens with zero attached hydrogens (tertiary/aromatic N) is 2. The quantitative estimate of drug-likeness (QED) is 0.778. The summed E-state index contributed by atoms with van der Waals surface area (Å²) in [6, 6.07) is 9.47. The van der Waals surface area contributed by atoms with Crippen LogP contribution < -0.4 is 5.32 Å². The molecule has 0 bridgehead atoms. The minimum atomic E-state index is 0.104. The van der Waals surface area contributed by atoms with E-state index in [2.05, 4.69) is 17.1 Å². The number of hydrogen-bond acceptors (Lipinski definition) is 4. The summed E-state index contributed by atoms with van der Waals surface area (Å²) in [5.74, 6) is 0.978. The summed E-state index contributed by atoms with van der Waals surface area (Å²) < 4.78 is 5.35. The van der Waals surface area contributed by atoms with Gasteiger partial charge in [0, 0.05) is 51.3 Å². The molecular formula is C22H33N3O3. The average Bonchev–Trinajstić information content (AvgIpc) is 2.75. The number of carbonyl (C=O) groups excluding carboxylic acids is 2. The lowest BCUT2D eigenvalue weighted by Crippen LogP contribution is -2.45. The van der Waals surface area contributed by atoms with Crippen LogP contribution in [0.5, 0.6) is 0 Å². The summed E-state index contributed by atoms with van der Waals surface area (Å²) in [5, 5.41) is 3.08. The predicted molar refractivity (Wildman–Crippen MR) is 109 cm³/mol. The SMILES string of the molecule is CC[C@H]1CN(C(=O)c2ccccc2)CC[C@H]1CC(=O)NCCN1CCOCC1. The van der Waals surface area contributed by atoms with Gasteiger partial charge in [0.15, 0.2) is 0 Å². The normalized spacial score (nSPS) is 23.4. The first-order valence-electron chi connectivity index (χ1n) is 10.6. The highest BCUT2D eigenvalue weighted by Crippen LogP contribution is 2.29. The molecule has 0 aromatic heterocycles. The van der Waals surface area contributed by atoms with Gasteiger partial charge < -0.3 is 15.0 Å². The zero-order valence-corrected chi connectivity index (χ0v) is 16.9. The number of nitrogens with one attached hydrogen (secondary N) is 1. The maximum atomic E-state index is 12.7. The summed E-state index contributed by atoms with van der Waals surface area (Å²) in [5.41, 5.74) is 0.747. The molecular weight excluding hydrogens is 354 g/mol. The van der Waals surface area contributed by atoms with Crippen molar-refractivity contribution in [1.29, 1.82) is 0 Å². The summed E-state index contributed by atoms with van der Waals surface area (Å²) in [6.07, 6.45) is 2.45. The fourth-order valence-electron chi connectivity index (χ4n) is 4.25. The summed E-state index contributed by atoms with van der Waals surface area (Å²) >= 11 is 0. The van der Waals surface area contributed by atoms with Gasteiger partial charge in [-0.1, -0.05) is 31.5 Å². The molecule has 6 heteroatoms. The molecule has 0 saturated carbocycles. The Balaban J connectivity index is 1.43. The van der Waals surface area contributed by atoms with Gasteiger partial charge in [0.25, 0.3) is 5.91 Å². The van der Waals surface area contributed by atoms with Crippen molar-refractivity contribution in [2.45, 2.75) is 26.2 Å². The molecule has 28 heavy (non-hydrogen) atoms. The number of amides is 2. The van der Waals surface area contributed by atoms with E-state index in [0.717, 1.165) is 64.3 Å². The summed E-state index contributed by atoms with van der Waals surface area (Å²) in [4.78, 5) is 29.4. The van der Waals surface area contributed by atoms with E-state index < -0.39 is 0 Å². The smallest absolute Gasteiger partial charge is 0.253 e. The van der Waals surface area contributed by atoms with Crippen LogP contribution in [0, 0.1) is 11.8 Å². The molecule has 0 spiro atoms. The van der Waals surface area contributed by atoms with E-state index in [0.29, 0.717) is 24.8 Å². The first-order chi connectivity index (χ1) is 13.7. The van der Waals surface area contributed by atoms with Crippen molar-refractivity contribution in [2.24, 2.45) is 11.8 Å². The average molecular weight is 388 g/mol. The number of ether oxygens (including phenoxy) is 1. The molecule has 154 valence electrons. The molecule has 6 nitrogen and oxygen atoms in total. The van der Waals surface area contributed by atoms with Crippen molar-refractivity contribution in [3.8, 4) is 0 Å². The minimum absolute atomic E-state index is 0.104. The molecule has 0 aliphatic carbocycles. The van der Waals surface area contributed by atoms with Crippen molar-refractivity contribution >= 4 is 11.8 Å². The summed E-state index contributed by atoms with van der Waals surface area (Å²) in [6.45, 7) is 8.68. The Morgan fingerprint density at radius 3 is 2.57 bits per heavy atom. The van der Waals surface area contributed by atoms with Crippen LogP contribution >= 0.6 is 0 Å². The number of morpholine rings is 1. The lowest BCUT2D eigenvalue weighted by atomic mass is 9.81. The number of benzene rings is 1. The van der Waals surface area contributed by atoms with Gasteiger partial charge in [0.05, 0.1) is 13.2 Å². The lowest BCUT2D eigenvalue weighted by Gasteiger charge is -2.38. The Hall–Kier alpha value is -1.92. The van der Waals surface area contributed by atoms with E-state index in [9.17, 15) is 9.59 Å². The first-order valence-corrected chi connectivity index (χ1v) is 10.6. The number of carbonyl (C=O) groups is 2. The van der Waals surface area contributed by atoms with Gasteiger partial charge in [-0.05, 0) is 30.4 Å². The first kappa shape index (κ1) is 20.8. The number of hydrogen-bond donors (Lipinski definition) is 1. The van der Waals surface area contributed by atoms with Gasteiger partial charge in [-0.3, -0.25) is 14.5 Å². The van der Waals surface area contributed by atoms with E-state index >= 15 is 0 Å². The molecule has 3 rings (SSSR count). The van der Waals surface area contributed by atoms with Gasteiger partial charge >= 0.3 is 0 Å². The molecule has 2 saturated heterocycles. The monoisotopic (exact) mass is 387 g/mol. The predicted octanol–water partition coefficient (Wildman–Crippen LogP) is 2.01. The lowest BCUT2D eigenvalue weighted by molar-refractivity contribution is -0.122. The molecule has 2 fully saturated rings. The van der Waals surface area contributed by atoms with Crippen LogP contribution in [0.3, 0.4) is 0 Å². The van der Waals surface area contributed by atoms with Crippen molar-refractivity contribution in [2.75, 3.05) is 52.5 Å². The largest absolute Gasteiger partial charge is 0.379 e. The third-order valence-electron chi connectivity index (χ3n) is 6.03. The van der Waals surface area contributed by atoms with Crippen molar-refractivity contribution in [3.05, 3.63) is 35.9 Å². The minimum Gasteiger partial charge on any atom is -0.379 e. The Morgan fingerprint density at radius 2 is 1.86 bits per heavy atom. The number of piperidine rings is 1. The van der Waals surface area contributed by atoms with Gasteiger partial charge in [0.2, 0.25) is 5.91 Å². The molecule has 1 N–H and O–H groups in total. The van der Waals surface area contributed by atoms with E-state index in [-0.39, 0.29) is 11.8 Å². The van der Waals surface area contributed by atoms with Crippen LogP contribution in [-0.2, 0) is 9.53 Å². The standard InChI is InChI=1S/C22H33N3O3/c1-2-18-17-25(22(27)19-6-4-3-5-7-19)10-8-20(18)16-21(26)23-9-11-24-12-14-28-15-13-24/h3-7,18,20H,2,8-17H2,1H3,(H,23,26)/t18-,20-/m0/s1. The molecule has 0 radical (unpaired) electrons. The highest BCUT2D eigenvalue weighted by Gasteiger charge is 2.32.